The Hall–Kier alpha value is -1.08. The van der Waals surface area contributed by atoms with Crippen molar-refractivity contribution in [3.63, 3.8) is 0 Å². The van der Waals surface area contributed by atoms with Crippen molar-refractivity contribution >= 4 is 5.97 Å². The number of carbonyl (C=O) groups excluding carboxylic acids is 1. The largest absolute Gasteiger partial charge is 0.464 e. The van der Waals surface area contributed by atoms with Crippen LogP contribution in [-0.2, 0) is 9.53 Å². The molecule has 1 atom stereocenters. The molecular weight excluding hydrogens is 144 g/mol. The summed E-state index contributed by atoms with van der Waals surface area (Å²) in [6, 6.07) is 0.982. The van der Waals surface area contributed by atoms with Crippen LogP contribution in [0.15, 0.2) is 0 Å². The Labute approximate surface area is 66.1 Å². The quantitative estimate of drug-likeness (QED) is 0.584. The van der Waals surface area contributed by atoms with Gasteiger partial charge in [-0.3, -0.25) is 5.32 Å². The topological polar surface area (TPSA) is 62.1 Å². The fraction of sp³-hybridized carbons (Fsp3) is 0.714. The van der Waals surface area contributed by atoms with Crippen molar-refractivity contribution in [2.45, 2.75) is 19.9 Å². The Morgan fingerprint density at radius 1 is 1.73 bits per heavy atom. The second-order valence-corrected chi connectivity index (χ2v) is 1.87. The Bertz CT molecular complexity index is 162. The van der Waals surface area contributed by atoms with Crippen LogP contribution in [-0.4, -0.2) is 25.2 Å². The summed E-state index contributed by atoms with van der Waals surface area (Å²) in [5.74, 6) is -0.503. The number of carbonyl (C=O) groups is 1. The molecule has 0 aliphatic carbocycles. The average Bonchev–Trinajstić information content (AvgIpc) is 2.00. The molecule has 4 heteroatoms. The summed E-state index contributed by atoms with van der Waals surface area (Å²) in [6.45, 7) is 4.42. The van der Waals surface area contributed by atoms with Crippen molar-refractivity contribution in [2.24, 2.45) is 0 Å². The zero-order valence-electron chi connectivity index (χ0n) is 6.76. The standard InChI is InChI=1S/C7H12N2O2/c1-3-9-6(5-8)7(10)11-4-2/h6,9H,3-4H2,1-2H3. The fourth-order valence-corrected chi connectivity index (χ4v) is 0.611. The minimum atomic E-state index is -0.819. The van der Waals surface area contributed by atoms with Crippen LogP contribution in [0.25, 0.3) is 0 Å². The van der Waals surface area contributed by atoms with Crippen LogP contribution in [0.3, 0.4) is 0 Å². The van der Waals surface area contributed by atoms with Crippen molar-refractivity contribution in [3.8, 4) is 6.07 Å². The Balaban J connectivity index is 3.84. The van der Waals surface area contributed by atoms with Gasteiger partial charge < -0.3 is 4.74 Å². The van der Waals surface area contributed by atoms with Crippen LogP contribution in [0.5, 0.6) is 0 Å². The number of nitrogens with one attached hydrogen (secondary N) is 1. The molecule has 0 fully saturated rings. The first kappa shape index (κ1) is 9.92. The number of ether oxygens (including phenoxy) is 1. The van der Waals surface area contributed by atoms with Gasteiger partial charge in [-0.25, -0.2) is 4.79 Å². The van der Waals surface area contributed by atoms with Crippen LogP contribution in [0.4, 0.5) is 0 Å². The SMILES string of the molecule is CCNC(C#N)C(=O)OCC. The number of esters is 1. The second kappa shape index (κ2) is 5.69. The van der Waals surface area contributed by atoms with Gasteiger partial charge >= 0.3 is 5.97 Å². The molecule has 0 aromatic heterocycles. The molecule has 11 heavy (non-hydrogen) atoms. The number of nitriles is 1. The maximum Gasteiger partial charge on any atom is 0.337 e. The lowest BCUT2D eigenvalue weighted by atomic mass is 10.3. The molecular formula is C7H12N2O2. The molecule has 62 valence electrons. The first-order valence-electron chi connectivity index (χ1n) is 3.55. The number of rotatable bonds is 4. The molecule has 0 bridgehead atoms. The van der Waals surface area contributed by atoms with E-state index in [-0.39, 0.29) is 0 Å². The van der Waals surface area contributed by atoms with E-state index in [0.29, 0.717) is 13.2 Å². The Morgan fingerprint density at radius 3 is 2.73 bits per heavy atom. The lowest BCUT2D eigenvalue weighted by Gasteiger charge is -2.07. The van der Waals surface area contributed by atoms with Crippen molar-refractivity contribution in [1.82, 2.24) is 5.32 Å². The Morgan fingerprint density at radius 2 is 2.36 bits per heavy atom. The van der Waals surface area contributed by atoms with E-state index >= 15 is 0 Å². The summed E-state index contributed by atoms with van der Waals surface area (Å²) in [5.41, 5.74) is 0. The van der Waals surface area contributed by atoms with Crippen LogP contribution < -0.4 is 5.32 Å². The van der Waals surface area contributed by atoms with E-state index in [1.165, 1.54) is 0 Å². The smallest absolute Gasteiger partial charge is 0.337 e. The fourth-order valence-electron chi connectivity index (χ4n) is 0.611. The number of likely N-dealkylation sites (N-methyl/N-ethyl adjacent to an activating group) is 1. The van der Waals surface area contributed by atoms with E-state index in [0.717, 1.165) is 0 Å². The first-order chi connectivity index (χ1) is 5.26. The minimum Gasteiger partial charge on any atom is -0.464 e. The third-order valence-electron chi connectivity index (χ3n) is 1.06. The van der Waals surface area contributed by atoms with Crippen LogP contribution in [0.2, 0.25) is 0 Å². The summed E-state index contributed by atoms with van der Waals surface area (Å²) >= 11 is 0. The summed E-state index contributed by atoms with van der Waals surface area (Å²) < 4.78 is 4.62. The molecule has 0 rings (SSSR count). The molecule has 0 saturated carbocycles. The highest BCUT2D eigenvalue weighted by molar-refractivity contribution is 5.78. The van der Waals surface area contributed by atoms with Gasteiger partial charge in [0, 0.05) is 0 Å². The van der Waals surface area contributed by atoms with Crippen LogP contribution in [0.1, 0.15) is 13.8 Å². The van der Waals surface area contributed by atoms with Crippen LogP contribution >= 0.6 is 0 Å². The minimum absolute atomic E-state index is 0.308. The molecule has 0 aromatic carbocycles. The van der Waals surface area contributed by atoms with Crippen LogP contribution in [0, 0.1) is 11.3 Å². The third-order valence-corrected chi connectivity index (χ3v) is 1.06. The van der Waals surface area contributed by atoms with E-state index in [2.05, 4.69) is 10.1 Å². The first-order valence-corrected chi connectivity index (χ1v) is 3.55. The van der Waals surface area contributed by atoms with E-state index in [1.807, 2.05) is 6.92 Å². The van der Waals surface area contributed by atoms with Gasteiger partial charge in [0.2, 0.25) is 0 Å². The number of hydrogen-bond donors (Lipinski definition) is 1. The van der Waals surface area contributed by atoms with E-state index in [1.54, 1.807) is 13.0 Å². The molecule has 0 saturated heterocycles. The highest BCUT2D eigenvalue weighted by Crippen LogP contribution is 1.86. The zero-order chi connectivity index (χ0) is 8.69. The number of nitrogens with zero attached hydrogens (tertiary/aromatic N) is 1. The summed E-state index contributed by atoms with van der Waals surface area (Å²) in [7, 11) is 0. The predicted molar refractivity (Wildman–Crippen MR) is 39.7 cm³/mol. The molecule has 0 aliphatic heterocycles. The zero-order valence-corrected chi connectivity index (χ0v) is 6.76. The predicted octanol–water partition coefficient (Wildman–Crippen LogP) is 0.0512. The number of hydrogen-bond acceptors (Lipinski definition) is 4. The third kappa shape index (κ3) is 3.58. The molecule has 0 spiro atoms. The van der Waals surface area contributed by atoms with Crippen molar-refractivity contribution in [1.29, 1.82) is 5.26 Å². The van der Waals surface area contributed by atoms with Crippen molar-refractivity contribution < 1.29 is 9.53 Å². The van der Waals surface area contributed by atoms with Gasteiger partial charge in [0.1, 0.15) is 0 Å². The average molecular weight is 156 g/mol. The molecule has 1 N–H and O–H groups in total. The molecule has 0 amide bonds. The van der Waals surface area contributed by atoms with E-state index < -0.39 is 12.0 Å². The molecule has 4 nitrogen and oxygen atoms in total. The molecule has 0 heterocycles. The lowest BCUT2D eigenvalue weighted by Crippen LogP contribution is -2.36. The maximum absolute atomic E-state index is 10.9. The second-order valence-electron chi connectivity index (χ2n) is 1.87. The summed E-state index contributed by atoms with van der Waals surface area (Å²) in [5, 5.41) is 11.1. The molecule has 0 aliphatic rings. The highest BCUT2D eigenvalue weighted by atomic mass is 16.5. The van der Waals surface area contributed by atoms with Gasteiger partial charge in [0.25, 0.3) is 0 Å². The van der Waals surface area contributed by atoms with Gasteiger partial charge in [-0.15, -0.1) is 0 Å². The summed E-state index contributed by atoms with van der Waals surface area (Å²) in [4.78, 5) is 10.9. The van der Waals surface area contributed by atoms with Gasteiger partial charge in [-0.1, -0.05) is 6.92 Å². The van der Waals surface area contributed by atoms with Gasteiger partial charge in [-0.2, -0.15) is 5.26 Å². The van der Waals surface area contributed by atoms with Crippen molar-refractivity contribution in [3.05, 3.63) is 0 Å². The maximum atomic E-state index is 10.9. The van der Waals surface area contributed by atoms with E-state index in [4.69, 9.17) is 5.26 Å². The normalized spacial score (nSPS) is 11.7. The Kier molecular flexibility index (Phi) is 5.13. The lowest BCUT2D eigenvalue weighted by molar-refractivity contribution is -0.144. The highest BCUT2D eigenvalue weighted by Gasteiger charge is 2.16. The molecule has 1 unspecified atom stereocenters. The molecule has 0 aromatic rings. The molecule has 0 radical (unpaired) electrons. The van der Waals surface area contributed by atoms with Gasteiger partial charge in [0.15, 0.2) is 6.04 Å². The van der Waals surface area contributed by atoms with Crippen molar-refractivity contribution in [2.75, 3.05) is 13.2 Å². The van der Waals surface area contributed by atoms with E-state index in [9.17, 15) is 4.79 Å². The van der Waals surface area contributed by atoms with Gasteiger partial charge in [-0.05, 0) is 13.5 Å². The monoisotopic (exact) mass is 156 g/mol. The van der Waals surface area contributed by atoms with Gasteiger partial charge in [0.05, 0.1) is 12.7 Å². The summed E-state index contributed by atoms with van der Waals surface area (Å²) in [6.07, 6.45) is 0.